The molecule has 0 spiro atoms. The molecule has 0 aliphatic carbocycles. The fourth-order valence-corrected chi connectivity index (χ4v) is 2.70. The first-order valence-electron chi connectivity index (χ1n) is 7.83. The van der Waals surface area contributed by atoms with Crippen LogP contribution in [0.25, 0.3) is 0 Å². The van der Waals surface area contributed by atoms with Gasteiger partial charge in [0.05, 0.1) is 21.3 Å². The van der Waals surface area contributed by atoms with Gasteiger partial charge in [-0.1, -0.05) is 24.3 Å². The molecule has 6 nitrogen and oxygen atoms in total. The average molecular weight is 344 g/mol. The summed E-state index contributed by atoms with van der Waals surface area (Å²) in [4.78, 5) is 12.1. The Morgan fingerprint density at radius 3 is 1.80 bits per heavy atom. The molecular weight excluding hydrogens is 324 g/mol. The lowest BCUT2D eigenvalue weighted by molar-refractivity contribution is -0.154. The summed E-state index contributed by atoms with van der Waals surface area (Å²) in [6.45, 7) is 0. The number of ether oxygens (including phenoxy) is 5. The SMILES string of the molecule is COC(=O)[C@@H]1O[C@@H](c2ccc(OC)cc2)O[C@@H]1c1ccc(OC)cc1. The maximum absolute atomic E-state index is 12.1. The summed E-state index contributed by atoms with van der Waals surface area (Å²) in [6.07, 6.45) is -2.07. The number of carbonyl (C=O) groups is 1. The third-order valence-corrected chi connectivity index (χ3v) is 4.08. The van der Waals surface area contributed by atoms with Gasteiger partial charge >= 0.3 is 5.97 Å². The van der Waals surface area contributed by atoms with Crippen molar-refractivity contribution in [2.75, 3.05) is 21.3 Å². The van der Waals surface area contributed by atoms with Crippen molar-refractivity contribution < 1.29 is 28.5 Å². The maximum atomic E-state index is 12.1. The second-order valence-corrected chi connectivity index (χ2v) is 5.51. The lowest BCUT2D eigenvalue weighted by Crippen LogP contribution is -2.27. The van der Waals surface area contributed by atoms with Gasteiger partial charge in [0.1, 0.15) is 17.6 Å². The first kappa shape index (κ1) is 17.3. The van der Waals surface area contributed by atoms with E-state index >= 15 is 0 Å². The topological polar surface area (TPSA) is 63.2 Å². The van der Waals surface area contributed by atoms with Gasteiger partial charge in [-0.25, -0.2) is 4.79 Å². The largest absolute Gasteiger partial charge is 0.497 e. The molecule has 132 valence electrons. The summed E-state index contributed by atoms with van der Waals surface area (Å²) in [7, 11) is 4.53. The molecule has 0 unspecified atom stereocenters. The van der Waals surface area contributed by atoms with Crippen molar-refractivity contribution in [2.24, 2.45) is 0 Å². The summed E-state index contributed by atoms with van der Waals surface area (Å²) in [5.74, 6) is 0.985. The Balaban J connectivity index is 1.85. The molecule has 25 heavy (non-hydrogen) atoms. The first-order valence-corrected chi connectivity index (χ1v) is 7.83. The van der Waals surface area contributed by atoms with Crippen LogP contribution in [0.2, 0.25) is 0 Å². The van der Waals surface area contributed by atoms with Gasteiger partial charge in [0.25, 0.3) is 0 Å². The van der Waals surface area contributed by atoms with Gasteiger partial charge in [0, 0.05) is 5.56 Å². The second kappa shape index (κ2) is 7.55. The van der Waals surface area contributed by atoms with Crippen molar-refractivity contribution in [3.63, 3.8) is 0 Å². The highest BCUT2D eigenvalue weighted by molar-refractivity contribution is 5.76. The van der Waals surface area contributed by atoms with E-state index in [1.54, 1.807) is 14.2 Å². The van der Waals surface area contributed by atoms with Gasteiger partial charge in [-0.15, -0.1) is 0 Å². The fourth-order valence-electron chi connectivity index (χ4n) is 2.70. The molecule has 6 heteroatoms. The molecule has 1 aliphatic rings. The molecule has 1 aliphatic heterocycles. The summed E-state index contributed by atoms with van der Waals surface area (Å²) in [6, 6.07) is 14.6. The maximum Gasteiger partial charge on any atom is 0.338 e. The number of esters is 1. The molecular formula is C19H20O6. The Labute approximate surface area is 146 Å². The van der Waals surface area contributed by atoms with E-state index in [-0.39, 0.29) is 0 Å². The number of benzene rings is 2. The van der Waals surface area contributed by atoms with Crippen LogP contribution >= 0.6 is 0 Å². The monoisotopic (exact) mass is 344 g/mol. The van der Waals surface area contributed by atoms with E-state index in [1.807, 2.05) is 48.5 Å². The molecule has 0 aromatic heterocycles. The second-order valence-electron chi connectivity index (χ2n) is 5.51. The lowest BCUT2D eigenvalue weighted by Gasteiger charge is -2.15. The molecule has 1 saturated heterocycles. The Bertz CT molecular complexity index is 710. The van der Waals surface area contributed by atoms with E-state index in [9.17, 15) is 4.79 Å². The predicted octanol–water partition coefficient (Wildman–Crippen LogP) is 3.03. The zero-order valence-corrected chi connectivity index (χ0v) is 14.3. The van der Waals surface area contributed by atoms with E-state index in [4.69, 9.17) is 23.7 Å². The highest BCUT2D eigenvalue weighted by Gasteiger charge is 2.43. The van der Waals surface area contributed by atoms with Crippen LogP contribution < -0.4 is 9.47 Å². The number of hydrogen-bond acceptors (Lipinski definition) is 6. The molecule has 0 N–H and O–H groups in total. The van der Waals surface area contributed by atoms with Crippen LogP contribution in [0.4, 0.5) is 0 Å². The predicted molar refractivity (Wildman–Crippen MR) is 89.4 cm³/mol. The number of carbonyl (C=O) groups excluding carboxylic acids is 1. The van der Waals surface area contributed by atoms with Crippen LogP contribution in [0.5, 0.6) is 11.5 Å². The molecule has 0 bridgehead atoms. The average Bonchev–Trinajstić information content (AvgIpc) is 3.13. The Hall–Kier alpha value is -2.57. The molecule has 1 heterocycles. The van der Waals surface area contributed by atoms with Gasteiger partial charge in [-0.3, -0.25) is 0 Å². The highest BCUT2D eigenvalue weighted by Crippen LogP contribution is 2.41. The van der Waals surface area contributed by atoms with Crippen molar-refractivity contribution in [1.29, 1.82) is 0 Å². The molecule has 2 aromatic carbocycles. The minimum Gasteiger partial charge on any atom is -0.497 e. The van der Waals surface area contributed by atoms with Gasteiger partial charge in [0.2, 0.25) is 0 Å². The number of rotatable bonds is 5. The molecule has 3 atom stereocenters. The minimum absolute atomic E-state index is 0.475. The van der Waals surface area contributed by atoms with Crippen molar-refractivity contribution in [3.8, 4) is 11.5 Å². The quantitative estimate of drug-likeness (QED) is 0.777. The van der Waals surface area contributed by atoms with E-state index in [0.29, 0.717) is 0 Å². The summed E-state index contributed by atoms with van der Waals surface area (Å²) >= 11 is 0. The Morgan fingerprint density at radius 2 is 1.32 bits per heavy atom. The van der Waals surface area contributed by atoms with Crippen LogP contribution in [-0.2, 0) is 19.0 Å². The molecule has 0 radical (unpaired) electrons. The third-order valence-electron chi connectivity index (χ3n) is 4.08. The standard InChI is InChI=1S/C19H20O6/c1-21-14-8-4-12(5-9-14)16-17(18(20)23-3)25-19(24-16)13-6-10-15(22-2)11-7-13/h4-11,16-17,19H,1-3H3/t16-,17-,19+/m1/s1. The van der Waals surface area contributed by atoms with E-state index in [1.165, 1.54) is 7.11 Å². The molecule has 0 saturated carbocycles. The lowest BCUT2D eigenvalue weighted by atomic mass is 10.0. The Morgan fingerprint density at radius 1 is 0.800 bits per heavy atom. The van der Waals surface area contributed by atoms with Gasteiger partial charge in [-0.2, -0.15) is 0 Å². The zero-order valence-electron chi connectivity index (χ0n) is 14.3. The van der Waals surface area contributed by atoms with E-state index < -0.39 is 24.5 Å². The first-order chi connectivity index (χ1) is 12.2. The fraction of sp³-hybridized carbons (Fsp3) is 0.316. The van der Waals surface area contributed by atoms with Gasteiger partial charge in [-0.05, 0) is 29.8 Å². The molecule has 1 fully saturated rings. The van der Waals surface area contributed by atoms with Gasteiger partial charge in [0.15, 0.2) is 12.4 Å². The third kappa shape index (κ3) is 3.60. The molecule has 0 amide bonds. The van der Waals surface area contributed by atoms with E-state index in [0.717, 1.165) is 22.6 Å². The summed E-state index contributed by atoms with van der Waals surface area (Å²) in [5, 5.41) is 0. The van der Waals surface area contributed by atoms with Crippen molar-refractivity contribution in [3.05, 3.63) is 59.7 Å². The van der Waals surface area contributed by atoms with Crippen LogP contribution in [0.1, 0.15) is 23.5 Å². The summed E-state index contributed by atoms with van der Waals surface area (Å²) < 4.78 is 27.0. The highest BCUT2D eigenvalue weighted by atomic mass is 16.7. The normalized spacial score (nSPS) is 22.4. The van der Waals surface area contributed by atoms with Crippen molar-refractivity contribution in [2.45, 2.75) is 18.5 Å². The minimum atomic E-state index is -0.842. The van der Waals surface area contributed by atoms with Gasteiger partial charge < -0.3 is 23.7 Å². The smallest absolute Gasteiger partial charge is 0.338 e. The van der Waals surface area contributed by atoms with Crippen LogP contribution in [0.15, 0.2) is 48.5 Å². The zero-order chi connectivity index (χ0) is 17.8. The van der Waals surface area contributed by atoms with Crippen LogP contribution in [0, 0.1) is 0 Å². The molecule has 3 rings (SSSR count). The Kier molecular flexibility index (Phi) is 5.21. The van der Waals surface area contributed by atoms with Crippen molar-refractivity contribution in [1.82, 2.24) is 0 Å². The van der Waals surface area contributed by atoms with Crippen LogP contribution in [-0.4, -0.2) is 33.4 Å². The number of hydrogen-bond donors (Lipinski definition) is 0. The number of methoxy groups -OCH3 is 3. The van der Waals surface area contributed by atoms with E-state index in [2.05, 4.69) is 0 Å². The van der Waals surface area contributed by atoms with Crippen LogP contribution in [0.3, 0.4) is 0 Å². The van der Waals surface area contributed by atoms with Crippen molar-refractivity contribution >= 4 is 5.97 Å². The molecule has 2 aromatic rings. The summed E-state index contributed by atoms with van der Waals surface area (Å²) in [5.41, 5.74) is 1.61.